The topological polar surface area (TPSA) is 34.1 Å². The molecular formula is C24H26O2. The first-order valence-corrected chi connectivity index (χ1v) is 10.2. The van der Waals surface area contributed by atoms with Crippen molar-refractivity contribution in [2.24, 2.45) is 23.7 Å². The van der Waals surface area contributed by atoms with Crippen molar-refractivity contribution in [1.82, 2.24) is 0 Å². The number of carbonyl (C=O) groups is 2. The Kier molecular flexibility index (Phi) is 3.77. The van der Waals surface area contributed by atoms with Gasteiger partial charge in [0, 0.05) is 24.7 Å². The molecule has 4 aliphatic carbocycles. The van der Waals surface area contributed by atoms with Crippen LogP contribution in [0.5, 0.6) is 0 Å². The fourth-order valence-electron chi connectivity index (χ4n) is 6.53. The molecule has 2 fully saturated rings. The van der Waals surface area contributed by atoms with Crippen molar-refractivity contribution >= 4 is 11.6 Å². The second-order valence-corrected chi connectivity index (χ2v) is 8.66. The molecule has 0 heterocycles. The smallest absolute Gasteiger partial charge is 0.156 e. The summed E-state index contributed by atoms with van der Waals surface area (Å²) in [5.41, 5.74) is 5.70. The van der Waals surface area contributed by atoms with Gasteiger partial charge in [-0.25, -0.2) is 0 Å². The van der Waals surface area contributed by atoms with E-state index >= 15 is 0 Å². The Morgan fingerprint density at radius 2 is 1.73 bits per heavy atom. The molecule has 0 aromatic heterocycles. The van der Waals surface area contributed by atoms with Crippen LogP contribution in [-0.2, 0) is 9.59 Å². The highest BCUT2D eigenvalue weighted by molar-refractivity contribution is 5.93. The summed E-state index contributed by atoms with van der Waals surface area (Å²) in [5, 5.41) is 0. The lowest BCUT2D eigenvalue weighted by Gasteiger charge is -2.49. The fraction of sp³-hybridized carbons (Fsp3) is 0.500. The zero-order chi connectivity index (χ0) is 17.8. The van der Waals surface area contributed by atoms with Crippen LogP contribution >= 0.6 is 0 Å². The molecule has 1 aromatic carbocycles. The highest BCUT2D eigenvalue weighted by atomic mass is 16.1. The van der Waals surface area contributed by atoms with E-state index in [4.69, 9.17) is 0 Å². The summed E-state index contributed by atoms with van der Waals surface area (Å²) in [6, 6.07) is 10.8. The van der Waals surface area contributed by atoms with Gasteiger partial charge in [-0.05, 0) is 66.2 Å². The molecule has 0 spiro atoms. The van der Waals surface area contributed by atoms with Crippen LogP contribution in [0.1, 0.15) is 56.9 Å². The predicted molar refractivity (Wildman–Crippen MR) is 102 cm³/mol. The number of fused-ring (bicyclic) bond motifs is 4. The molecule has 134 valence electrons. The van der Waals surface area contributed by atoms with Gasteiger partial charge in [-0.3, -0.25) is 9.59 Å². The van der Waals surface area contributed by atoms with Crippen LogP contribution in [0.3, 0.4) is 0 Å². The zero-order valence-corrected chi connectivity index (χ0v) is 15.4. The van der Waals surface area contributed by atoms with Crippen LogP contribution in [-0.4, -0.2) is 11.6 Å². The molecule has 26 heavy (non-hydrogen) atoms. The first-order chi connectivity index (χ1) is 12.6. The summed E-state index contributed by atoms with van der Waals surface area (Å²) >= 11 is 0. The first-order valence-electron chi connectivity index (χ1n) is 10.2. The lowest BCUT2D eigenvalue weighted by atomic mass is 9.54. The number of benzene rings is 1. The standard InChI is InChI=1S/C24H26O2/c1-14-22(15-5-3-2-4-6-15)24-18-10-8-17(25)13-16(18)7-9-20(24)19-11-12-21(26)23(14)19/h2-6,13-14,19-20,22-23H,7-12H2,1H3/t14-,19?,20?,22+,23?/m1/s1. The van der Waals surface area contributed by atoms with Crippen molar-refractivity contribution in [3.8, 4) is 0 Å². The Balaban J connectivity index is 1.71. The average Bonchev–Trinajstić information content (AvgIpc) is 3.04. The molecule has 4 aliphatic rings. The monoisotopic (exact) mass is 346 g/mol. The highest BCUT2D eigenvalue weighted by Gasteiger charge is 2.53. The van der Waals surface area contributed by atoms with Crippen LogP contribution in [0.25, 0.3) is 0 Å². The molecule has 3 unspecified atom stereocenters. The van der Waals surface area contributed by atoms with E-state index in [0.717, 1.165) is 32.1 Å². The molecule has 2 saturated carbocycles. The van der Waals surface area contributed by atoms with Gasteiger partial charge < -0.3 is 0 Å². The molecule has 0 saturated heterocycles. The normalized spacial score (nSPS) is 36.3. The number of hydrogen-bond acceptors (Lipinski definition) is 2. The molecular weight excluding hydrogens is 320 g/mol. The van der Waals surface area contributed by atoms with Gasteiger partial charge in [0.05, 0.1) is 0 Å². The minimum Gasteiger partial charge on any atom is -0.299 e. The molecule has 0 N–H and O–H groups in total. The van der Waals surface area contributed by atoms with Crippen molar-refractivity contribution in [3.63, 3.8) is 0 Å². The number of hydrogen-bond donors (Lipinski definition) is 0. The first kappa shape index (κ1) is 16.2. The number of carbonyl (C=O) groups excluding carboxylic acids is 2. The minimum atomic E-state index is 0.227. The van der Waals surface area contributed by atoms with E-state index in [9.17, 15) is 9.59 Å². The summed E-state index contributed by atoms with van der Waals surface area (Å²) in [6.45, 7) is 2.30. The number of rotatable bonds is 1. The maximum atomic E-state index is 12.7. The summed E-state index contributed by atoms with van der Waals surface area (Å²) in [5.74, 6) is 2.76. The van der Waals surface area contributed by atoms with Gasteiger partial charge in [0.2, 0.25) is 0 Å². The molecule has 0 aliphatic heterocycles. The van der Waals surface area contributed by atoms with Crippen LogP contribution in [0.15, 0.2) is 53.1 Å². The van der Waals surface area contributed by atoms with Crippen molar-refractivity contribution in [2.75, 3.05) is 0 Å². The Morgan fingerprint density at radius 3 is 2.54 bits per heavy atom. The molecule has 5 rings (SSSR count). The summed E-state index contributed by atoms with van der Waals surface area (Å²) in [4.78, 5) is 24.7. The van der Waals surface area contributed by atoms with Crippen molar-refractivity contribution < 1.29 is 9.59 Å². The Hall–Kier alpha value is -1.96. The lowest BCUT2D eigenvalue weighted by Crippen LogP contribution is -2.42. The minimum absolute atomic E-state index is 0.227. The zero-order valence-electron chi connectivity index (χ0n) is 15.4. The van der Waals surface area contributed by atoms with Crippen molar-refractivity contribution in [1.29, 1.82) is 0 Å². The highest BCUT2D eigenvalue weighted by Crippen LogP contribution is 2.59. The average molecular weight is 346 g/mol. The molecule has 5 atom stereocenters. The maximum Gasteiger partial charge on any atom is 0.156 e. The maximum absolute atomic E-state index is 12.7. The second kappa shape index (κ2) is 6.04. The summed E-state index contributed by atoms with van der Waals surface area (Å²) < 4.78 is 0. The van der Waals surface area contributed by atoms with Gasteiger partial charge in [0.25, 0.3) is 0 Å². The van der Waals surface area contributed by atoms with E-state index in [2.05, 4.69) is 37.3 Å². The molecule has 0 bridgehead atoms. The Bertz CT molecular complexity index is 829. The van der Waals surface area contributed by atoms with Crippen LogP contribution in [0, 0.1) is 23.7 Å². The summed E-state index contributed by atoms with van der Waals surface area (Å²) in [7, 11) is 0. The number of ketones is 2. The van der Waals surface area contributed by atoms with Gasteiger partial charge in [0.15, 0.2) is 5.78 Å². The van der Waals surface area contributed by atoms with Gasteiger partial charge in [-0.2, -0.15) is 0 Å². The Morgan fingerprint density at radius 1 is 0.923 bits per heavy atom. The third-order valence-corrected chi connectivity index (χ3v) is 7.48. The Labute approximate surface area is 155 Å². The van der Waals surface area contributed by atoms with E-state index in [1.807, 2.05) is 6.08 Å². The van der Waals surface area contributed by atoms with Gasteiger partial charge in [-0.1, -0.05) is 42.8 Å². The molecule has 0 amide bonds. The molecule has 2 nitrogen and oxygen atoms in total. The van der Waals surface area contributed by atoms with E-state index < -0.39 is 0 Å². The van der Waals surface area contributed by atoms with Gasteiger partial charge >= 0.3 is 0 Å². The molecule has 2 heteroatoms. The lowest BCUT2D eigenvalue weighted by molar-refractivity contribution is -0.123. The quantitative estimate of drug-likeness (QED) is 0.716. The van der Waals surface area contributed by atoms with E-state index in [1.54, 1.807) is 5.57 Å². The van der Waals surface area contributed by atoms with E-state index in [0.29, 0.717) is 35.9 Å². The SMILES string of the molecule is C[C@H]1C2C(=O)CCC2C2CCC3=CC(=O)CCC3=C2[C@@H]1c1ccccc1. The van der Waals surface area contributed by atoms with Gasteiger partial charge in [-0.15, -0.1) is 0 Å². The molecule has 0 radical (unpaired) electrons. The molecule has 1 aromatic rings. The predicted octanol–water partition coefficient (Wildman–Crippen LogP) is 5.01. The third-order valence-electron chi connectivity index (χ3n) is 7.48. The number of allylic oxidation sites excluding steroid dienone is 4. The van der Waals surface area contributed by atoms with Crippen molar-refractivity contribution in [3.05, 3.63) is 58.7 Å². The van der Waals surface area contributed by atoms with Crippen molar-refractivity contribution in [2.45, 2.75) is 51.4 Å². The fourth-order valence-corrected chi connectivity index (χ4v) is 6.53. The second-order valence-electron chi connectivity index (χ2n) is 8.66. The van der Waals surface area contributed by atoms with Crippen LogP contribution in [0.2, 0.25) is 0 Å². The van der Waals surface area contributed by atoms with Gasteiger partial charge in [0.1, 0.15) is 5.78 Å². The largest absolute Gasteiger partial charge is 0.299 e. The third kappa shape index (κ3) is 2.31. The van der Waals surface area contributed by atoms with Crippen LogP contribution in [0.4, 0.5) is 0 Å². The van der Waals surface area contributed by atoms with E-state index in [-0.39, 0.29) is 11.7 Å². The summed E-state index contributed by atoms with van der Waals surface area (Å²) in [6.07, 6.45) is 7.43. The van der Waals surface area contributed by atoms with Crippen LogP contribution < -0.4 is 0 Å². The number of Topliss-reactive ketones (excluding diaryl/α,β-unsaturated/α-hetero) is 1. The van der Waals surface area contributed by atoms with E-state index in [1.165, 1.54) is 16.7 Å².